The minimum atomic E-state index is 0.0936. The van der Waals surface area contributed by atoms with Crippen molar-refractivity contribution >= 4 is 22.4 Å². The monoisotopic (exact) mass is 438 g/mol. The first-order chi connectivity index (χ1) is 16.3. The topological polar surface area (TPSA) is 41.6 Å². The fraction of sp³-hybridized carbons (Fsp3) is 0.345. The molecule has 3 atom stereocenters. The fourth-order valence-electron chi connectivity index (χ4n) is 5.82. The number of benzene rings is 3. The van der Waals surface area contributed by atoms with Gasteiger partial charge in [-0.2, -0.15) is 0 Å². The number of allylic oxidation sites excluding steroid dienone is 2. The second-order valence-corrected chi connectivity index (χ2v) is 9.53. The Morgan fingerprint density at radius 2 is 1.79 bits per heavy atom. The molecule has 33 heavy (non-hydrogen) atoms. The van der Waals surface area contributed by atoms with Gasteiger partial charge >= 0.3 is 0 Å². The third kappa shape index (κ3) is 3.78. The van der Waals surface area contributed by atoms with Crippen molar-refractivity contribution in [3.8, 4) is 5.75 Å². The van der Waals surface area contributed by atoms with Gasteiger partial charge in [0.05, 0.1) is 6.04 Å². The maximum Gasteiger partial charge on any atom is 0.260 e. The van der Waals surface area contributed by atoms with Gasteiger partial charge in [0, 0.05) is 30.1 Å². The van der Waals surface area contributed by atoms with Gasteiger partial charge in [0.2, 0.25) is 0 Å². The summed E-state index contributed by atoms with van der Waals surface area (Å²) in [6, 6.07) is 21.7. The van der Waals surface area contributed by atoms with Gasteiger partial charge in [-0.15, -0.1) is 0 Å². The molecule has 2 aliphatic heterocycles. The molecule has 0 saturated carbocycles. The molecule has 1 fully saturated rings. The van der Waals surface area contributed by atoms with Crippen molar-refractivity contribution in [2.24, 2.45) is 5.92 Å². The van der Waals surface area contributed by atoms with Gasteiger partial charge in [0.1, 0.15) is 5.75 Å². The molecule has 6 rings (SSSR count). The lowest BCUT2D eigenvalue weighted by molar-refractivity contribution is -0.134. The van der Waals surface area contributed by atoms with E-state index in [1.165, 1.54) is 34.0 Å². The second-order valence-electron chi connectivity index (χ2n) is 9.53. The lowest BCUT2D eigenvalue weighted by atomic mass is 9.76. The Morgan fingerprint density at radius 1 is 0.970 bits per heavy atom. The van der Waals surface area contributed by atoms with Crippen LogP contribution >= 0.6 is 0 Å². The Labute approximate surface area is 195 Å². The summed E-state index contributed by atoms with van der Waals surface area (Å²) in [6.45, 7) is 1.84. The Kier molecular flexibility index (Phi) is 5.29. The van der Waals surface area contributed by atoms with E-state index in [2.05, 4.69) is 66.0 Å². The van der Waals surface area contributed by atoms with E-state index < -0.39 is 0 Å². The molecule has 3 aromatic carbocycles. The summed E-state index contributed by atoms with van der Waals surface area (Å²) < 4.78 is 5.84. The third-order valence-corrected chi connectivity index (χ3v) is 7.57. The molecule has 0 radical (unpaired) electrons. The van der Waals surface area contributed by atoms with Crippen LogP contribution in [-0.4, -0.2) is 30.5 Å². The van der Waals surface area contributed by atoms with Crippen LogP contribution in [0.15, 0.2) is 72.8 Å². The van der Waals surface area contributed by atoms with Crippen molar-refractivity contribution in [3.63, 3.8) is 0 Å². The highest BCUT2D eigenvalue weighted by Crippen LogP contribution is 2.51. The van der Waals surface area contributed by atoms with Gasteiger partial charge in [0.25, 0.3) is 5.91 Å². The Balaban J connectivity index is 1.21. The first-order valence-corrected chi connectivity index (χ1v) is 12.2. The normalized spacial score (nSPS) is 23.6. The van der Waals surface area contributed by atoms with E-state index in [-0.39, 0.29) is 18.6 Å². The molecule has 0 unspecified atom stereocenters. The van der Waals surface area contributed by atoms with Crippen LogP contribution in [0.25, 0.3) is 10.8 Å². The summed E-state index contributed by atoms with van der Waals surface area (Å²) in [5, 5.41) is 6.45. The van der Waals surface area contributed by atoms with E-state index in [1.54, 1.807) is 0 Å². The van der Waals surface area contributed by atoms with Crippen LogP contribution in [0.3, 0.4) is 0 Å². The third-order valence-electron chi connectivity index (χ3n) is 7.57. The molecule has 168 valence electrons. The van der Waals surface area contributed by atoms with E-state index in [9.17, 15) is 4.79 Å². The minimum absolute atomic E-state index is 0.0936. The number of rotatable bonds is 4. The Bertz CT molecular complexity index is 1190. The lowest BCUT2D eigenvalue weighted by Crippen LogP contribution is -2.38. The number of carbonyl (C=O) groups is 1. The predicted molar refractivity (Wildman–Crippen MR) is 133 cm³/mol. The summed E-state index contributed by atoms with van der Waals surface area (Å²) >= 11 is 0. The highest BCUT2D eigenvalue weighted by atomic mass is 16.5. The standard InChI is InChI=1S/C29H30N2O2/c32-27(31-17-4-1-5-18-31)19-33-22-14-11-21(12-15-22)28-25-10-6-9-24(25)26-16-13-20-7-2-3-8-23(20)29(26)30-28/h2-3,6-9,11-16,24-25,28,30H,1,4-5,10,17-19H2/t24-,25+,28+/m1/s1. The summed E-state index contributed by atoms with van der Waals surface area (Å²) in [5.41, 5.74) is 3.93. The molecule has 4 nitrogen and oxygen atoms in total. The van der Waals surface area contributed by atoms with E-state index in [1.807, 2.05) is 17.0 Å². The number of nitrogens with one attached hydrogen (secondary N) is 1. The van der Waals surface area contributed by atoms with Crippen molar-refractivity contribution in [3.05, 3.63) is 83.9 Å². The van der Waals surface area contributed by atoms with Crippen LogP contribution in [-0.2, 0) is 4.79 Å². The van der Waals surface area contributed by atoms with Gasteiger partial charge in [-0.05, 0) is 60.2 Å². The zero-order valence-corrected chi connectivity index (χ0v) is 18.9. The van der Waals surface area contributed by atoms with Crippen LogP contribution in [0.2, 0.25) is 0 Å². The number of hydrogen-bond donors (Lipinski definition) is 1. The summed E-state index contributed by atoms with van der Waals surface area (Å²) in [7, 11) is 0. The SMILES string of the molecule is O=C(COc1ccc([C@@H]2Nc3c(ccc4ccccc34)[C@@H]3C=CC[C@@H]32)cc1)N1CCCCC1. The van der Waals surface area contributed by atoms with Crippen LogP contribution < -0.4 is 10.1 Å². The van der Waals surface area contributed by atoms with Gasteiger partial charge < -0.3 is 15.0 Å². The molecule has 3 aromatic rings. The Hall–Kier alpha value is -3.27. The van der Waals surface area contributed by atoms with Crippen molar-refractivity contribution in [1.82, 2.24) is 4.90 Å². The maximum atomic E-state index is 12.4. The average molecular weight is 439 g/mol. The van der Waals surface area contributed by atoms with E-state index in [4.69, 9.17) is 4.74 Å². The molecule has 0 spiro atoms. The zero-order chi connectivity index (χ0) is 22.2. The number of carbonyl (C=O) groups excluding carboxylic acids is 1. The zero-order valence-electron chi connectivity index (χ0n) is 18.9. The molecule has 0 bridgehead atoms. The minimum Gasteiger partial charge on any atom is -0.484 e. The molecular formula is C29H30N2O2. The highest BCUT2D eigenvalue weighted by Gasteiger charge is 2.38. The first-order valence-electron chi connectivity index (χ1n) is 12.2. The quantitative estimate of drug-likeness (QED) is 0.504. The highest BCUT2D eigenvalue weighted by molar-refractivity contribution is 5.96. The van der Waals surface area contributed by atoms with Crippen molar-refractivity contribution < 1.29 is 9.53 Å². The van der Waals surface area contributed by atoms with Gasteiger partial charge in [-0.3, -0.25) is 4.79 Å². The number of amides is 1. The first kappa shape index (κ1) is 20.3. The number of piperidine rings is 1. The van der Waals surface area contributed by atoms with E-state index in [0.717, 1.165) is 38.1 Å². The molecule has 1 saturated heterocycles. The van der Waals surface area contributed by atoms with Crippen molar-refractivity contribution in [2.45, 2.75) is 37.6 Å². The van der Waals surface area contributed by atoms with Crippen molar-refractivity contribution in [2.75, 3.05) is 25.0 Å². The molecule has 3 aliphatic rings. The second kappa shape index (κ2) is 8.58. The van der Waals surface area contributed by atoms with Crippen LogP contribution in [0.4, 0.5) is 5.69 Å². The van der Waals surface area contributed by atoms with Gasteiger partial charge in [0.15, 0.2) is 6.61 Å². The van der Waals surface area contributed by atoms with Gasteiger partial charge in [-0.25, -0.2) is 0 Å². The molecule has 2 heterocycles. The van der Waals surface area contributed by atoms with Crippen LogP contribution in [0, 0.1) is 5.92 Å². The number of hydrogen-bond acceptors (Lipinski definition) is 3. The largest absolute Gasteiger partial charge is 0.484 e. The number of anilines is 1. The lowest BCUT2D eigenvalue weighted by Gasteiger charge is -2.38. The van der Waals surface area contributed by atoms with Gasteiger partial charge in [-0.1, -0.05) is 60.7 Å². The summed E-state index contributed by atoms with van der Waals surface area (Å²) in [4.78, 5) is 14.3. The van der Waals surface area contributed by atoms with E-state index >= 15 is 0 Å². The number of likely N-dealkylation sites (tertiary alicyclic amines) is 1. The van der Waals surface area contributed by atoms with Crippen LogP contribution in [0.5, 0.6) is 5.75 Å². The van der Waals surface area contributed by atoms with Crippen molar-refractivity contribution in [1.29, 1.82) is 0 Å². The molecule has 1 amide bonds. The predicted octanol–water partition coefficient (Wildman–Crippen LogP) is 6.06. The van der Waals surface area contributed by atoms with E-state index in [0.29, 0.717) is 11.8 Å². The molecular weight excluding hydrogens is 408 g/mol. The Morgan fingerprint density at radius 3 is 2.64 bits per heavy atom. The number of fused-ring (bicyclic) bond motifs is 5. The molecule has 0 aromatic heterocycles. The molecule has 1 N–H and O–H groups in total. The summed E-state index contributed by atoms with van der Waals surface area (Å²) in [6.07, 6.45) is 9.22. The average Bonchev–Trinajstić information content (AvgIpc) is 3.38. The molecule has 1 aliphatic carbocycles. The number of ether oxygens (including phenoxy) is 1. The molecule has 4 heteroatoms. The summed E-state index contributed by atoms with van der Waals surface area (Å²) in [5.74, 6) is 1.79. The number of nitrogens with zero attached hydrogens (tertiary/aromatic N) is 1. The maximum absolute atomic E-state index is 12.4. The van der Waals surface area contributed by atoms with Crippen LogP contribution in [0.1, 0.15) is 48.8 Å². The smallest absolute Gasteiger partial charge is 0.260 e. The fourth-order valence-corrected chi connectivity index (χ4v) is 5.82.